The number of hydrogen-bond acceptors (Lipinski definition) is 3. The Bertz CT molecular complexity index is 620. The molecule has 2 heterocycles. The van der Waals surface area contributed by atoms with Crippen LogP contribution in [0.1, 0.15) is 12.8 Å². The second kappa shape index (κ2) is 4.57. The lowest BCUT2D eigenvalue weighted by atomic mass is 9.99. The molecule has 2 aromatic rings. The fourth-order valence-electron chi connectivity index (χ4n) is 2.78. The summed E-state index contributed by atoms with van der Waals surface area (Å²) < 4.78 is 2.04. The van der Waals surface area contributed by atoms with Crippen molar-refractivity contribution in [1.29, 1.82) is 0 Å². The number of imidazole rings is 1. The molecule has 0 unspecified atom stereocenters. The van der Waals surface area contributed by atoms with Crippen LogP contribution in [0.2, 0.25) is 0 Å². The van der Waals surface area contributed by atoms with Crippen LogP contribution in [0, 0.1) is 5.92 Å². The van der Waals surface area contributed by atoms with Gasteiger partial charge in [0.2, 0.25) is 5.95 Å². The van der Waals surface area contributed by atoms with Gasteiger partial charge in [-0.2, -0.15) is 0 Å². The zero-order valence-corrected chi connectivity index (χ0v) is 10.9. The van der Waals surface area contributed by atoms with E-state index in [9.17, 15) is 4.79 Å². The van der Waals surface area contributed by atoms with Crippen molar-refractivity contribution in [3.05, 3.63) is 24.3 Å². The molecule has 19 heavy (non-hydrogen) atoms. The molecule has 1 saturated heterocycles. The highest BCUT2D eigenvalue weighted by molar-refractivity contribution is 5.79. The zero-order valence-electron chi connectivity index (χ0n) is 10.9. The second-order valence-corrected chi connectivity index (χ2v) is 5.08. The van der Waals surface area contributed by atoms with Crippen LogP contribution < -0.4 is 4.90 Å². The van der Waals surface area contributed by atoms with E-state index in [1.807, 2.05) is 35.9 Å². The number of carbonyl (C=O) groups is 1. The lowest BCUT2D eigenvalue weighted by molar-refractivity contribution is -0.141. The van der Waals surface area contributed by atoms with E-state index < -0.39 is 5.97 Å². The zero-order chi connectivity index (χ0) is 13.4. The number of hydrogen-bond donors (Lipinski definition) is 1. The van der Waals surface area contributed by atoms with Crippen molar-refractivity contribution >= 4 is 23.0 Å². The number of anilines is 1. The summed E-state index contributed by atoms with van der Waals surface area (Å²) in [5.41, 5.74) is 2.03. The largest absolute Gasteiger partial charge is 0.481 e. The summed E-state index contributed by atoms with van der Waals surface area (Å²) in [6.45, 7) is 1.42. The Hall–Kier alpha value is -2.04. The number of carboxylic acid groups (broad SMARTS) is 1. The van der Waals surface area contributed by atoms with Crippen LogP contribution in [0.3, 0.4) is 0 Å². The number of benzene rings is 1. The maximum Gasteiger partial charge on any atom is 0.308 e. The van der Waals surface area contributed by atoms with Crippen LogP contribution in [0.5, 0.6) is 0 Å². The third-order valence-electron chi connectivity index (χ3n) is 3.82. The van der Waals surface area contributed by atoms with Gasteiger partial charge in [-0.1, -0.05) is 12.1 Å². The van der Waals surface area contributed by atoms with E-state index in [4.69, 9.17) is 5.11 Å². The van der Waals surface area contributed by atoms with Gasteiger partial charge in [0.15, 0.2) is 0 Å². The summed E-state index contributed by atoms with van der Waals surface area (Å²) in [5, 5.41) is 9.16. The molecule has 0 spiro atoms. The quantitative estimate of drug-likeness (QED) is 0.894. The van der Waals surface area contributed by atoms with Crippen molar-refractivity contribution in [3.63, 3.8) is 0 Å². The molecule has 1 aromatic heterocycles. The molecule has 0 amide bonds. The van der Waals surface area contributed by atoms with Gasteiger partial charge in [-0.15, -0.1) is 0 Å². The molecule has 100 valence electrons. The number of nitrogens with zero attached hydrogens (tertiary/aromatic N) is 3. The predicted octanol–water partition coefficient (Wildman–Crippen LogP) is 1.87. The summed E-state index contributed by atoms with van der Waals surface area (Å²) in [6.07, 6.45) is 1.66. The van der Waals surface area contributed by atoms with Crippen molar-refractivity contribution in [1.82, 2.24) is 9.55 Å². The summed E-state index contributed by atoms with van der Waals surface area (Å²) in [6, 6.07) is 7.97. The molecule has 1 fully saturated rings. The topological polar surface area (TPSA) is 58.4 Å². The second-order valence-electron chi connectivity index (χ2n) is 5.08. The number of aliphatic carboxylic acids is 1. The van der Waals surface area contributed by atoms with Gasteiger partial charge in [0.1, 0.15) is 0 Å². The highest BCUT2D eigenvalue weighted by Crippen LogP contribution is 2.25. The van der Waals surface area contributed by atoms with Crippen LogP contribution >= 0.6 is 0 Å². The van der Waals surface area contributed by atoms with Gasteiger partial charge in [-0.05, 0) is 25.0 Å². The molecule has 1 atom stereocenters. The number of aryl methyl sites for hydroxylation is 1. The van der Waals surface area contributed by atoms with Gasteiger partial charge >= 0.3 is 5.97 Å². The van der Waals surface area contributed by atoms with E-state index in [1.165, 1.54) is 0 Å². The number of piperidine rings is 1. The predicted molar refractivity (Wildman–Crippen MR) is 73.3 cm³/mol. The molecule has 1 N–H and O–H groups in total. The van der Waals surface area contributed by atoms with Crippen molar-refractivity contribution in [2.45, 2.75) is 12.8 Å². The van der Waals surface area contributed by atoms with Crippen LogP contribution in [0.4, 0.5) is 5.95 Å². The third kappa shape index (κ3) is 2.05. The highest BCUT2D eigenvalue weighted by atomic mass is 16.4. The Morgan fingerprint density at radius 1 is 1.42 bits per heavy atom. The number of para-hydroxylation sites is 2. The number of carboxylic acids is 1. The van der Waals surface area contributed by atoms with Crippen LogP contribution in [0.15, 0.2) is 24.3 Å². The summed E-state index contributed by atoms with van der Waals surface area (Å²) in [7, 11) is 1.98. The molecule has 1 aliphatic heterocycles. The average Bonchev–Trinajstić information content (AvgIpc) is 2.77. The Morgan fingerprint density at radius 2 is 2.21 bits per heavy atom. The molecule has 1 aliphatic rings. The molecule has 3 rings (SSSR count). The van der Waals surface area contributed by atoms with Gasteiger partial charge in [0.25, 0.3) is 0 Å². The SMILES string of the molecule is Cn1c(N2CCC[C@@H](C(=O)O)C2)nc2ccccc21. The fourth-order valence-corrected chi connectivity index (χ4v) is 2.78. The summed E-state index contributed by atoms with van der Waals surface area (Å²) >= 11 is 0. The van der Waals surface area contributed by atoms with E-state index >= 15 is 0 Å². The van der Waals surface area contributed by atoms with E-state index in [0.717, 1.165) is 36.4 Å². The number of aromatic nitrogens is 2. The smallest absolute Gasteiger partial charge is 0.308 e. The Kier molecular flexibility index (Phi) is 2.89. The lowest BCUT2D eigenvalue weighted by Gasteiger charge is -2.31. The Morgan fingerprint density at radius 3 is 2.95 bits per heavy atom. The first-order valence-corrected chi connectivity index (χ1v) is 6.56. The van der Waals surface area contributed by atoms with Gasteiger partial charge in [0, 0.05) is 20.1 Å². The maximum absolute atomic E-state index is 11.1. The molecular weight excluding hydrogens is 242 g/mol. The Labute approximate surface area is 111 Å². The maximum atomic E-state index is 11.1. The molecule has 0 bridgehead atoms. The molecule has 5 heteroatoms. The van der Waals surface area contributed by atoms with E-state index in [-0.39, 0.29) is 5.92 Å². The molecule has 0 saturated carbocycles. The monoisotopic (exact) mass is 259 g/mol. The van der Waals surface area contributed by atoms with Gasteiger partial charge in [-0.25, -0.2) is 4.98 Å². The molecule has 1 aromatic carbocycles. The summed E-state index contributed by atoms with van der Waals surface area (Å²) in [4.78, 5) is 17.8. The minimum absolute atomic E-state index is 0.284. The van der Waals surface area contributed by atoms with Gasteiger partial charge in [-0.3, -0.25) is 4.79 Å². The summed E-state index contributed by atoms with van der Waals surface area (Å²) in [5.74, 6) is -0.121. The first kappa shape index (κ1) is 12.0. The van der Waals surface area contributed by atoms with E-state index in [2.05, 4.69) is 9.88 Å². The lowest BCUT2D eigenvalue weighted by Crippen LogP contribution is -2.39. The van der Waals surface area contributed by atoms with Gasteiger partial charge in [0.05, 0.1) is 17.0 Å². The normalized spacial score (nSPS) is 19.8. The number of rotatable bonds is 2. The standard InChI is InChI=1S/C14H17N3O2/c1-16-12-7-3-2-6-11(12)15-14(16)17-8-4-5-10(9-17)13(18)19/h2-3,6-7,10H,4-5,8-9H2,1H3,(H,18,19)/t10-/m1/s1. The van der Waals surface area contributed by atoms with E-state index in [1.54, 1.807) is 0 Å². The third-order valence-corrected chi connectivity index (χ3v) is 3.82. The molecular formula is C14H17N3O2. The molecule has 5 nitrogen and oxygen atoms in total. The van der Waals surface area contributed by atoms with Crippen molar-refractivity contribution in [2.24, 2.45) is 13.0 Å². The minimum Gasteiger partial charge on any atom is -0.481 e. The van der Waals surface area contributed by atoms with E-state index in [0.29, 0.717) is 6.54 Å². The van der Waals surface area contributed by atoms with Crippen LogP contribution in [0.25, 0.3) is 11.0 Å². The molecule has 0 aliphatic carbocycles. The first-order chi connectivity index (χ1) is 9.16. The van der Waals surface area contributed by atoms with Crippen molar-refractivity contribution in [3.8, 4) is 0 Å². The Balaban J connectivity index is 1.95. The first-order valence-electron chi connectivity index (χ1n) is 6.56. The fraction of sp³-hybridized carbons (Fsp3) is 0.429. The number of fused-ring (bicyclic) bond motifs is 1. The van der Waals surface area contributed by atoms with Crippen molar-refractivity contribution < 1.29 is 9.90 Å². The minimum atomic E-state index is -0.705. The highest BCUT2D eigenvalue weighted by Gasteiger charge is 2.27. The van der Waals surface area contributed by atoms with Crippen LogP contribution in [-0.4, -0.2) is 33.7 Å². The van der Waals surface area contributed by atoms with Crippen LogP contribution in [-0.2, 0) is 11.8 Å². The van der Waals surface area contributed by atoms with Crippen molar-refractivity contribution in [2.75, 3.05) is 18.0 Å². The van der Waals surface area contributed by atoms with Gasteiger partial charge < -0.3 is 14.6 Å². The molecule has 0 radical (unpaired) electrons. The average molecular weight is 259 g/mol.